The van der Waals surface area contributed by atoms with Gasteiger partial charge >= 0.3 is 12.1 Å². The van der Waals surface area contributed by atoms with Crippen molar-refractivity contribution in [2.75, 3.05) is 12.8 Å². The Morgan fingerprint density at radius 1 is 0.932 bits per heavy atom. The molecule has 1 fully saturated rings. The van der Waals surface area contributed by atoms with Crippen LogP contribution in [0.15, 0.2) is 60.7 Å². The van der Waals surface area contributed by atoms with E-state index in [1.807, 2.05) is 60.7 Å². The van der Waals surface area contributed by atoms with Crippen LogP contribution in [-0.4, -0.2) is 70.3 Å². The number of esters is 1. The molecule has 2 aromatic carbocycles. The van der Waals surface area contributed by atoms with Crippen LogP contribution in [0.5, 0.6) is 0 Å². The predicted octanol–water partition coefficient (Wildman–Crippen LogP) is 6.33. The molecule has 0 aliphatic carbocycles. The van der Waals surface area contributed by atoms with Gasteiger partial charge in [0.25, 0.3) is 10.1 Å². The van der Waals surface area contributed by atoms with Crippen molar-refractivity contribution in [3.05, 3.63) is 71.8 Å². The molecule has 3 rings (SSSR count). The first-order chi connectivity index (χ1) is 20.3. The van der Waals surface area contributed by atoms with Crippen LogP contribution in [0, 0.1) is 5.92 Å². The van der Waals surface area contributed by atoms with E-state index in [9.17, 15) is 18.0 Å². The molecule has 2 aromatic rings. The lowest BCUT2D eigenvalue weighted by Gasteiger charge is -2.44. The van der Waals surface area contributed by atoms with Crippen molar-refractivity contribution < 1.29 is 36.1 Å². The van der Waals surface area contributed by atoms with Gasteiger partial charge in [-0.3, -0.25) is 13.9 Å². The minimum absolute atomic E-state index is 0.0267. The molecule has 1 heterocycles. The van der Waals surface area contributed by atoms with Gasteiger partial charge in [-0.2, -0.15) is 8.42 Å². The van der Waals surface area contributed by atoms with Gasteiger partial charge in [-0.25, -0.2) is 4.79 Å². The third kappa shape index (κ3) is 10.4. The topological polar surface area (TPSA) is 108 Å². The number of likely N-dealkylation sites (tertiary alicyclic amines) is 1. The average Bonchev–Trinajstić information content (AvgIpc) is 3.31. The quantitative estimate of drug-likeness (QED) is 0.158. The van der Waals surface area contributed by atoms with Gasteiger partial charge in [-0.1, -0.05) is 81.4 Å². The van der Waals surface area contributed by atoms with Crippen molar-refractivity contribution in [1.29, 1.82) is 0 Å². The normalized spacial score (nSPS) is 19.3. The molecule has 1 aliphatic rings. The Balaban J connectivity index is 2.12. The largest absolute Gasteiger partial charge is 0.461 e. The SMILES string of the molecule is CC(C)(C)OC(=O)N1CC(OS(C)(=O)=O)CC1[C@@H](O[Si](C)(C)C(C)(C)C)[C@H](Cc1ccccc1)C(=O)OCc1ccccc1. The third-order valence-electron chi connectivity index (χ3n) is 8.08. The van der Waals surface area contributed by atoms with Gasteiger partial charge in [0.2, 0.25) is 0 Å². The predicted molar refractivity (Wildman–Crippen MR) is 173 cm³/mol. The Kier molecular flexibility index (Phi) is 11.5. The van der Waals surface area contributed by atoms with Crippen LogP contribution in [0.3, 0.4) is 0 Å². The zero-order chi connectivity index (χ0) is 32.9. The summed E-state index contributed by atoms with van der Waals surface area (Å²) in [5, 5.41) is -0.228. The average molecular weight is 648 g/mol. The molecule has 2 unspecified atom stereocenters. The van der Waals surface area contributed by atoms with Crippen LogP contribution in [0.25, 0.3) is 0 Å². The van der Waals surface area contributed by atoms with Gasteiger partial charge < -0.3 is 13.9 Å². The van der Waals surface area contributed by atoms with Crippen molar-refractivity contribution in [2.45, 2.75) is 103 Å². The Morgan fingerprint density at radius 2 is 1.48 bits per heavy atom. The maximum absolute atomic E-state index is 14.1. The molecule has 0 N–H and O–H groups in total. The number of amides is 1. The summed E-state index contributed by atoms with van der Waals surface area (Å²) in [5.74, 6) is -1.28. The molecule has 1 amide bonds. The second kappa shape index (κ2) is 14.1. The minimum Gasteiger partial charge on any atom is -0.461 e. The lowest BCUT2D eigenvalue weighted by molar-refractivity contribution is -0.155. The molecular formula is C33H49NO8SSi. The van der Waals surface area contributed by atoms with Crippen LogP contribution in [0.2, 0.25) is 18.1 Å². The Labute approximate surface area is 264 Å². The number of carbonyl (C=O) groups is 2. The van der Waals surface area contributed by atoms with Crippen LogP contribution in [0.1, 0.15) is 59.1 Å². The standard InChI is InChI=1S/C33H49NO8SSi/c1-32(2,3)40-31(36)34-22-26(41-43(7,37)38)21-28(34)29(42-44(8,9)33(4,5)6)27(20-24-16-12-10-13-17-24)30(35)39-23-25-18-14-11-15-19-25/h10-19,26-29H,20-23H2,1-9H3/t26?,27-,28?,29-/m0/s1. The lowest BCUT2D eigenvalue weighted by Crippen LogP contribution is -2.56. The fraction of sp³-hybridized carbons (Fsp3) is 0.576. The van der Waals surface area contributed by atoms with E-state index < -0.39 is 60.3 Å². The smallest absolute Gasteiger partial charge is 0.410 e. The molecule has 244 valence electrons. The van der Waals surface area contributed by atoms with E-state index >= 15 is 0 Å². The van der Waals surface area contributed by atoms with E-state index in [2.05, 4.69) is 33.9 Å². The molecule has 1 saturated heterocycles. The highest BCUT2D eigenvalue weighted by atomic mass is 32.2. The summed E-state index contributed by atoms with van der Waals surface area (Å²) < 4.78 is 48.5. The first-order valence-corrected chi connectivity index (χ1v) is 19.8. The third-order valence-corrected chi connectivity index (χ3v) is 13.2. The summed E-state index contributed by atoms with van der Waals surface area (Å²) in [6.45, 7) is 15.8. The van der Waals surface area contributed by atoms with Gasteiger partial charge in [-0.15, -0.1) is 0 Å². The number of nitrogens with zero attached hydrogens (tertiary/aromatic N) is 1. The van der Waals surface area contributed by atoms with E-state index in [1.54, 1.807) is 20.8 Å². The summed E-state index contributed by atoms with van der Waals surface area (Å²) in [4.78, 5) is 29.2. The molecular weight excluding hydrogens is 599 g/mol. The summed E-state index contributed by atoms with van der Waals surface area (Å²) >= 11 is 0. The zero-order valence-corrected chi connectivity index (χ0v) is 29.3. The highest BCUT2D eigenvalue weighted by molar-refractivity contribution is 7.86. The summed E-state index contributed by atoms with van der Waals surface area (Å²) in [6.07, 6.45) is -0.860. The fourth-order valence-corrected chi connectivity index (χ4v) is 6.96. The highest BCUT2D eigenvalue weighted by Crippen LogP contribution is 2.41. The zero-order valence-electron chi connectivity index (χ0n) is 27.5. The molecule has 0 saturated carbocycles. The second-order valence-electron chi connectivity index (χ2n) is 14.1. The maximum atomic E-state index is 14.1. The Hall–Kier alpha value is -2.73. The molecule has 9 nitrogen and oxygen atoms in total. The number of hydrogen-bond acceptors (Lipinski definition) is 8. The molecule has 0 aromatic heterocycles. The molecule has 44 heavy (non-hydrogen) atoms. The van der Waals surface area contributed by atoms with Crippen molar-refractivity contribution in [2.24, 2.45) is 5.92 Å². The van der Waals surface area contributed by atoms with Gasteiger partial charge in [-0.05, 0) is 62.9 Å². The van der Waals surface area contributed by atoms with E-state index in [4.69, 9.17) is 18.1 Å². The van der Waals surface area contributed by atoms with Crippen molar-refractivity contribution >= 4 is 30.5 Å². The first kappa shape index (κ1) is 35.7. The number of benzene rings is 2. The molecule has 11 heteroatoms. The molecule has 1 aliphatic heterocycles. The summed E-state index contributed by atoms with van der Waals surface area (Å²) in [6, 6.07) is 18.3. The van der Waals surface area contributed by atoms with Gasteiger partial charge in [0.05, 0.1) is 37.0 Å². The lowest BCUT2D eigenvalue weighted by atomic mass is 9.88. The second-order valence-corrected chi connectivity index (χ2v) is 20.4. The van der Waals surface area contributed by atoms with Crippen LogP contribution in [0.4, 0.5) is 4.79 Å². The Bertz CT molecular complexity index is 1350. The van der Waals surface area contributed by atoms with Crippen molar-refractivity contribution in [3.63, 3.8) is 0 Å². The van der Waals surface area contributed by atoms with Crippen LogP contribution >= 0.6 is 0 Å². The molecule has 4 atom stereocenters. The molecule has 0 radical (unpaired) electrons. The number of ether oxygens (including phenoxy) is 2. The first-order valence-electron chi connectivity index (χ1n) is 15.1. The van der Waals surface area contributed by atoms with Crippen molar-refractivity contribution in [1.82, 2.24) is 4.90 Å². The molecule has 0 bridgehead atoms. The number of hydrogen-bond donors (Lipinski definition) is 0. The Morgan fingerprint density at radius 3 is 1.98 bits per heavy atom. The number of carbonyl (C=O) groups excluding carboxylic acids is 2. The van der Waals surface area contributed by atoms with E-state index in [0.717, 1.165) is 17.4 Å². The fourth-order valence-electron chi connectivity index (χ4n) is 4.97. The van der Waals surface area contributed by atoms with Crippen LogP contribution in [-0.2, 0) is 46.0 Å². The summed E-state index contributed by atoms with van der Waals surface area (Å²) in [7, 11) is -6.40. The van der Waals surface area contributed by atoms with E-state index in [0.29, 0.717) is 6.42 Å². The summed E-state index contributed by atoms with van der Waals surface area (Å²) in [5.41, 5.74) is 0.952. The number of rotatable bonds is 11. The maximum Gasteiger partial charge on any atom is 0.410 e. The monoisotopic (exact) mass is 647 g/mol. The van der Waals surface area contributed by atoms with Crippen molar-refractivity contribution in [3.8, 4) is 0 Å². The van der Waals surface area contributed by atoms with Crippen LogP contribution < -0.4 is 0 Å². The minimum atomic E-state index is -3.83. The van der Waals surface area contributed by atoms with E-state index in [1.165, 1.54) is 4.90 Å². The van der Waals surface area contributed by atoms with Gasteiger partial charge in [0.15, 0.2) is 8.32 Å². The van der Waals surface area contributed by atoms with Gasteiger partial charge in [0, 0.05) is 0 Å². The molecule has 0 spiro atoms. The highest BCUT2D eigenvalue weighted by Gasteiger charge is 2.51. The van der Waals surface area contributed by atoms with Gasteiger partial charge in [0.1, 0.15) is 12.2 Å². The van der Waals surface area contributed by atoms with E-state index in [-0.39, 0.29) is 24.6 Å².